The molecule has 3 N–H and O–H groups in total. The Kier molecular flexibility index (Phi) is 3.30. The molecule has 0 fully saturated rings. The molecule has 5 nitrogen and oxygen atoms in total. The summed E-state index contributed by atoms with van der Waals surface area (Å²) in [6, 6.07) is 14.6. The van der Waals surface area contributed by atoms with Gasteiger partial charge in [-0.1, -0.05) is 23.7 Å². The zero-order chi connectivity index (χ0) is 14.8. The van der Waals surface area contributed by atoms with Gasteiger partial charge in [-0.2, -0.15) is 10.2 Å². The largest absolute Gasteiger partial charge is 0.368 e. The lowest BCUT2D eigenvalue weighted by molar-refractivity contribution is 1.23. The van der Waals surface area contributed by atoms with E-state index in [0.29, 0.717) is 22.1 Å². The topological polar surface area (TPSA) is 87.6 Å². The van der Waals surface area contributed by atoms with Crippen LogP contribution in [-0.4, -0.2) is 9.97 Å². The Morgan fingerprint density at radius 1 is 1.14 bits per heavy atom. The SMILES string of the molecule is N#Cc1ccc(Cl)cc1Nc1nc(N)nc2ccccc12. The van der Waals surface area contributed by atoms with Crippen molar-refractivity contribution in [1.29, 1.82) is 5.26 Å². The fourth-order valence-corrected chi connectivity index (χ4v) is 2.21. The van der Waals surface area contributed by atoms with E-state index in [1.54, 1.807) is 18.2 Å². The minimum atomic E-state index is 0.164. The minimum absolute atomic E-state index is 0.164. The predicted octanol–water partition coefficient (Wildman–Crippen LogP) is 3.48. The summed E-state index contributed by atoms with van der Waals surface area (Å²) in [5, 5.41) is 13.6. The number of rotatable bonds is 2. The Morgan fingerprint density at radius 3 is 2.76 bits per heavy atom. The Bertz CT molecular complexity index is 870. The number of hydrogen-bond acceptors (Lipinski definition) is 5. The van der Waals surface area contributed by atoms with E-state index >= 15 is 0 Å². The normalized spacial score (nSPS) is 10.3. The Labute approximate surface area is 126 Å². The maximum absolute atomic E-state index is 9.16. The first kappa shape index (κ1) is 13.2. The van der Waals surface area contributed by atoms with E-state index in [1.807, 2.05) is 24.3 Å². The van der Waals surface area contributed by atoms with Crippen molar-refractivity contribution in [3.63, 3.8) is 0 Å². The number of benzene rings is 2. The van der Waals surface area contributed by atoms with Crippen molar-refractivity contribution in [2.75, 3.05) is 11.1 Å². The second-order valence-electron chi connectivity index (χ2n) is 4.37. The van der Waals surface area contributed by atoms with Crippen LogP contribution in [0.2, 0.25) is 5.02 Å². The number of nitrogens with one attached hydrogen (secondary N) is 1. The van der Waals surface area contributed by atoms with Crippen molar-refractivity contribution in [3.05, 3.63) is 53.1 Å². The zero-order valence-corrected chi connectivity index (χ0v) is 11.6. The first-order valence-electron chi connectivity index (χ1n) is 6.16. The minimum Gasteiger partial charge on any atom is -0.368 e. The van der Waals surface area contributed by atoms with E-state index in [0.717, 1.165) is 10.9 Å². The number of fused-ring (bicyclic) bond motifs is 1. The third-order valence-electron chi connectivity index (χ3n) is 2.98. The molecule has 21 heavy (non-hydrogen) atoms. The van der Waals surface area contributed by atoms with E-state index in [4.69, 9.17) is 22.6 Å². The van der Waals surface area contributed by atoms with Crippen LogP contribution in [0.1, 0.15) is 5.56 Å². The molecule has 0 aliphatic heterocycles. The molecule has 0 bridgehead atoms. The molecule has 6 heteroatoms. The van der Waals surface area contributed by atoms with Gasteiger partial charge in [-0.3, -0.25) is 0 Å². The maximum atomic E-state index is 9.16. The molecular formula is C15H10ClN5. The van der Waals surface area contributed by atoms with Crippen LogP contribution in [0.4, 0.5) is 17.5 Å². The number of anilines is 3. The molecule has 0 aliphatic rings. The van der Waals surface area contributed by atoms with Crippen molar-refractivity contribution >= 4 is 40.0 Å². The summed E-state index contributed by atoms with van der Waals surface area (Å²) < 4.78 is 0. The number of aromatic nitrogens is 2. The highest BCUT2D eigenvalue weighted by Gasteiger charge is 2.09. The molecule has 102 valence electrons. The van der Waals surface area contributed by atoms with Gasteiger partial charge in [0, 0.05) is 10.4 Å². The second-order valence-corrected chi connectivity index (χ2v) is 4.81. The van der Waals surface area contributed by atoms with E-state index in [-0.39, 0.29) is 5.95 Å². The van der Waals surface area contributed by atoms with Crippen LogP contribution in [0.15, 0.2) is 42.5 Å². The standard InChI is InChI=1S/C15H10ClN5/c16-10-6-5-9(8-17)13(7-10)19-14-11-3-1-2-4-12(11)20-15(18)21-14/h1-7H,(H3,18,19,20,21). The Balaban J connectivity index is 2.15. The molecule has 0 radical (unpaired) electrons. The highest BCUT2D eigenvalue weighted by molar-refractivity contribution is 6.31. The lowest BCUT2D eigenvalue weighted by atomic mass is 10.2. The summed E-state index contributed by atoms with van der Waals surface area (Å²) >= 11 is 5.98. The molecule has 0 aliphatic carbocycles. The van der Waals surface area contributed by atoms with Gasteiger partial charge in [0.1, 0.15) is 11.9 Å². The van der Waals surface area contributed by atoms with Crippen LogP contribution in [0.25, 0.3) is 10.9 Å². The van der Waals surface area contributed by atoms with Crippen LogP contribution >= 0.6 is 11.6 Å². The Morgan fingerprint density at radius 2 is 1.95 bits per heavy atom. The number of nitrogen functional groups attached to an aromatic ring is 1. The summed E-state index contributed by atoms with van der Waals surface area (Å²) in [7, 11) is 0. The van der Waals surface area contributed by atoms with Gasteiger partial charge in [0.15, 0.2) is 0 Å². The molecule has 1 aromatic heterocycles. The summed E-state index contributed by atoms with van der Waals surface area (Å²) in [6.07, 6.45) is 0. The number of nitriles is 1. The van der Waals surface area contributed by atoms with Crippen molar-refractivity contribution in [1.82, 2.24) is 9.97 Å². The van der Waals surface area contributed by atoms with Gasteiger partial charge in [-0.25, -0.2) is 4.98 Å². The number of hydrogen-bond donors (Lipinski definition) is 2. The number of nitrogens with zero attached hydrogens (tertiary/aromatic N) is 3. The van der Waals surface area contributed by atoms with Crippen LogP contribution in [0.3, 0.4) is 0 Å². The second kappa shape index (κ2) is 5.27. The lowest BCUT2D eigenvalue weighted by Gasteiger charge is -2.11. The summed E-state index contributed by atoms with van der Waals surface area (Å²) in [4.78, 5) is 8.38. The molecule has 3 aromatic rings. The molecule has 0 atom stereocenters. The third kappa shape index (κ3) is 2.57. The molecule has 2 aromatic carbocycles. The van der Waals surface area contributed by atoms with E-state index in [9.17, 15) is 0 Å². The maximum Gasteiger partial charge on any atom is 0.222 e. The van der Waals surface area contributed by atoms with Crippen LogP contribution < -0.4 is 11.1 Å². The highest BCUT2D eigenvalue weighted by atomic mass is 35.5. The fourth-order valence-electron chi connectivity index (χ4n) is 2.03. The molecule has 1 heterocycles. The summed E-state index contributed by atoms with van der Waals surface area (Å²) in [5.74, 6) is 0.702. The summed E-state index contributed by atoms with van der Waals surface area (Å²) in [6.45, 7) is 0. The number of halogens is 1. The van der Waals surface area contributed by atoms with Gasteiger partial charge >= 0.3 is 0 Å². The van der Waals surface area contributed by atoms with Crippen molar-refractivity contribution in [3.8, 4) is 6.07 Å². The van der Waals surface area contributed by atoms with E-state index in [1.165, 1.54) is 0 Å². The molecule has 0 amide bonds. The molecule has 3 rings (SSSR count). The highest BCUT2D eigenvalue weighted by Crippen LogP contribution is 2.27. The van der Waals surface area contributed by atoms with Gasteiger partial charge < -0.3 is 11.1 Å². The first-order valence-corrected chi connectivity index (χ1v) is 6.54. The molecule has 0 spiro atoms. The van der Waals surface area contributed by atoms with Gasteiger partial charge in [0.2, 0.25) is 5.95 Å². The lowest BCUT2D eigenvalue weighted by Crippen LogP contribution is -2.02. The van der Waals surface area contributed by atoms with Crippen LogP contribution in [0.5, 0.6) is 0 Å². The average molecular weight is 296 g/mol. The molecule has 0 saturated heterocycles. The van der Waals surface area contributed by atoms with Gasteiger partial charge in [-0.05, 0) is 30.3 Å². The van der Waals surface area contributed by atoms with Crippen molar-refractivity contribution in [2.24, 2.45) is 0 Å². The summed E-state index contributed by atoms with van der Waals surface area (Å²) in [5.41, 5.74) is 7.51. The Hall–Kier alpha value is -2.84. The fraction of sp³-hybridized carbons (Fsp3) is 0. The van der Waals surface area contributed by atoms with Crippen LogP contribution in [-0.2, 0) is 0 Å². The number of nitrogens with two attached hydrogens (primary N) is 1. The monoisotopic (exact) mass is 295 g/mol. The van der Waals surface area contributed by atoms with Gasteiger partial charge in [0.05, 0.1) is 16.8 Å². The van der Waals surface area contributed by atoms with Crippen LogP contribution in [0, 0.1) is 11.3 Å². The first-order chi connectivity index (χ1) is 10.2. The van der Waals surface area contributed by atoms with Crippen molar-refractivity contribution in [2.45, 2.75) is 0 Å². The third-order valence-corrected chi connectivity index (χ3v) is 3.21. The quantitative estimate of drug-likeness (QED) is 0.755. The molecular weight excluding hydrogens is 286 g/mol. The smallest absolute Gasteiger partial charge is 0.222 e. The van der Waals surface area contributed by atoms with Gasteiger partial charge in [0.25, 0.3) is 0 Å². The molecule has 0 unspecified atom stereocenters. The van der Waals surface area contributed by atoms with E-state index in [2.05, 4.69) is 21.4 Å². The number of para-hydroxylation sites is 1. The van der Waals surface area contributed by atoms with Crippen molar-refractivity contribution < 1.29 is 0 Å². The zero-order valence-electron chi connectivity index (χ0n) is 10.8. The average Bonchev–Trinajstić information content (AvgIpc) is 2.47. The molecule has 0 saturated carbocycles. The van der Waals surface area contributed by atoms with Gasteiger partial charge in [-0.15, -0.1) is 0 Å². The predicted molar refractivity (Wildman–Crippen MR) is 83.4 cm³/mol. The van der Waals surface area contributed by atoms with E-state index < -0.39 is 0 Å².